The maximum atomic E-state index is 10.5. The summed E-state index contributed by atoms with van der Waals surface area (Å²) >= 11 is 8.13. The van der Waals surface area contributed by atoms with Gasteiger partial charge in [-0.15, -0.1) is 11.6 Å². The molecule has 7 nitrogen and oxygen atoms in total. The summed E-state index contributed by atoms with van der Waals surface area (Å²) in [6, 6.07) is 15.7. The second kappa shape index (κ2) is 8.10. The minimum Gasteiger partial charge on any atom is -0.496 e. The molecule has 0 amide bonds. The van der Waals surface area contributed by atoms with E-state index in [0.717, 1.165) is 27.2 Å². The van der Waals surface area contributed by atoms with Gasteiger partial charge in [-0.3, -0.25) is 0 Å². The van der Waals surface area contributed by atoms with Crippen molar-refractivity contribution in [1.82, 2.24) is 15.0 Å². The number of halogens is 1. The van der Waals surface area contributed by atoms with E-state index in [0.29, 0.717) is 24.1 Å². The fourth-order valence-corrected chi connectivity index (χ4v) is 5.45. The van der Waals surface area contributed by atoms with Crippen LogP contribution in [0.2, 0.25) is 0 Å². The fourth-order valence-electron chi connectivity index (χ4n) is 4.16. The normalized spacial score (nSPS) is 21.3. The molecule has 160 valence electrons. The molecule has 0 spiro atoms. The molecule has 2 N–H and O–H groups in total. The highest BCUT2D eigenvalue weighted by atomic mass is 35.5. The van der Waals surface area contributed by atoms with Crippen LogP contribution in [0.25, 0.3) is 5.57 Å². The quantitative estimate of drug-likeness (QED) is 0.579. The van der Waals surface area contributed by atoms with Gasteiger partial charge in [-0.2, -0.15) is 15.2 Å². The average molecular weight is 464 g/mol. The molecule has 1 aliphatic heterocycles. The van der Waals surface area contributed by atoms with Crippen LogP contribution < -0.4 is 10.5 Å². The van der Waals surface area contributed by atoms with E-state index < -0.39 is 10.8 Å². The minimum absolute atomic E-state index is 0.0220. The summed E-state index contributed by atoms with van der Waals surface area (Å²) in [6.07, 6.45) is 1.86. The number of para-hydroxylation sites is 1. The van der Waals surface area contributed by atoms with Gasteiger partial charge in [0.15, 0.2) is 16.4 Å². The zero-order valence-corrected chi connectivity index (χ0v) is 18.7. The number of nitrogens with zero attached hydrogens (tertiary/aromatic N) is 4. The highest BCUT2D eigenvalue weighted by Crippen LogP contribution is 2.47. The van der Waals surface area contributed by atoms with E-state index in [1.807, 2.05) is 48.5 Å². The Morgan fingerprint density at radius 1 is 1.19 bits per heavy atom. The van der Waals surface area contributed by atoms with Gasteiger partial charge in [-0.25, -0.2) is 4.98 Å². The Kier molecular flexibility index (Phi) is 5.25. The summed E-state index contributed by atoms with van der Waals surface area (Å²) < 4.78 is 11.1. The predicted molar refractivity (Wildman–Crippen MR) is 121 cm³/mol. The number of anilines is 1. The second-order valence-electron chi connectivity index (χ2n) is 7.40. The van der Waals surface area contributed by atoms with Crippen LogP contribution in [0.15, 0.2) is 58.6 Å². The van der Waals surface area contributed by atoms with Gasteiger partial charge in [-0.05, 0) is 46.2 Å². The van der Waals surface area contributed by atoms with Crippen molar-refractivity contribution in [2.45, 2.75) is 27.5 Å². The van der Waals surface area contributed by atoms with Crippen LogP contribution in [-0.4, -0.2) is 34.0 Å². The first kappa shape index (κ1) is 20.8. The number of alkyl halides is 1. The standard InChI is InChI=1S/C23H18ClN5O2S/c1-30-16-7-2-3-8-17(16)32-22-28-20(27-21(26)29-22)23(12-25)15-6-4-5-13-10-31-11-14(19(13)15)9-18(23)24/h2-9,18H,10-11H2,1H3,(H2,26,27,28,29). The third-order valence-electron chi connectivity index (χ3n) is 5.60. The van der Waals surface area contributed by atoms with Crippen LogP contribution in [-0.2, 0) is 16.8 Å². The number of nitrogens with two attached hydrogens (primary N) is 1. The van der Waals surface area contributed by atoms with Gasteiger partial charge in [0.1, 0.15) is 5.75 Å². The number of aromatic nitrogens is 3. The molecule has 0 bridgehead atoms. The summed E-state index contributed by atoms with van der Waals surface area (Å²) in [5.41, 5.74) is 8.47. The Morgan fingerprint density at radius 3 is 2.84 bits per heavy atom. The Labute approximate surface area is 194 Å². The fraction of sp³-hybridized carbons (Fsp3) is 0.217. The number of allylic oxidation sites excluding steroid dienone is 1. The Balaban J connectivity index is 1.67. The first-order chi connectivity index (χ1) is 15.6. The van der Waals surface area contributed by atoms with Crippen molar-refractivity contribution in [2.24, 2.45) is 0 Å². The van der Waals surface area contributed by atoms with E-state index >= 15 is 0 Å². The number of hydrogen-bond donors (Lipinski definition) is 1. The van der Waals surface area contributed by atoms with E-state index in [1.54, 1.807) is 7.11 Å². The molecule has 1 aromatic heterocycles. The third-order valence-corrected chi connectivity index (χ3v) is 6.98. The van der Waals surface area contributed by atoms with Crippen molar-refractivity contribution in [2.75, 3.05) is 19.5 Å². The molecule has 2 aliphatic rings. The smallest absolute Gasteiger partial charge is 0.224 e. The molecule has 2 unspecified atom stereocenters. The van der Waals surface area contributed by atoms with Gasteiger partial charge in [0.25, 0.3) is 0 Å². The molecule has 3 aromatic rings. The first-order valence-corrected chi connectivity index (χ1v) is 11.1. The van der Waals surface area contributed by atoms with E-state index in [-0.39, 0.29) is 11.8 Å². The van der Waals surface area contributed by atoms with E-state index in [1.165, 1.54) is 11.8 Å². The average Bonchev–Trinajstić information content (AvgIpc) is 2.80. The van der Waals surface area contributed by atoms with Crippen molar-refractivity contribution < 1.29 is 9.47 Å². The molecule has 5 rings (SSSR count). The topological polar surface area (TPSA) is 107 Å². The summed E-state index contributed by atoms with van der Waals surface area (Å²) in [5, 5.41) is 10.1. The number of methoxy groups -OCH3 is 1. The Bertz CT molecular complexity index is 1290. The van der Waals surface area contributed by atoms with Gasteiger partial charge >= 0.3 is 0 Å². The molecule has 32 heavy (non-hydrogen) atoms. The lowest BCUT2D eigenvalue weighted by Crippen LogP contribution is -2.41. The van der Waals surface area contributed by atoms with Crippen molar-refractivity contribution >= 4 is 34.9 Å². The highest BCUT2D eigenvalue weighted by Gasteiger charge is 2.49. The lowest BCUT2D eigenvalue weighted by molar-refractivity contribution is 0.145. The minimum atomic E-state index is -1.32. The van der Waals surface area contributed by atoms with Crippen LogP contribution in [0.3, 0.4) is 0 Å². The summed E-state index contributed by atoms with van der Waals surface area (Å²) in [5.74, 6) is 0.930. The van der Waals surface area contributed by atoms with Gasteiger partial charge in [-0.1, -0.05) is 36.4 Å². The van der Waals surface area contributed by atoms with Crippen molar-refractivity contribution in [1.29, 1.82) is 5.26 Å². The molecule has 2 atom stereocenters. The number of nitrogen functional groups attached to an aromatic ring is 1. The molecule has 2 aromatic carbocycles. The largest absolute Gasteiger partial charge is 0.496 e. The molecule has 1 aliphatic carbocycles. The maximum Gasteiger partial charge on any atom is 0.224 e. The molecule has 0 saturated heterocycles. The molecule has 0 radical (unpaired) electrons. The highest BCUT2D eigenvalue weighted by molar-refractivity contribution is 7.99. The van der Waals surface area contributed by atoms with Crippen molar-refractivity contribution in [3.63, 3.8) is 0 Å². The Morgan fingerprint density at radius 2 is 2.03 bits per heavy atom. The summed E-state index contributed by atoms with van der Waals surface area (Å²) in [4.78, 5) is 14.1. The van der Waals surface area contributed by atoms with Gasteiger partial charge in [0.05, 0.1) is 36.7 Å². The monoisotopic (exact) mass is 463 g/mol. The van der Waals surface area contributed by atoms with Gasteiger partial charge < -0.3 is 15.2 Å². The number of ether oxygens (including phenoxy) is 2. The molecule has 9 heteroatoms. The number of rotatable bonds is 4. The molecule has 2 heterocycles. The lowest BCUT2D eigenvalue weighted by atomic mass is 9.69. The molecular weight excluding hydrogens is 446 g/mol. The van der Waals surface area contributed by atoms with Crippen LogP contribution >= 0.6 is 23.4 Å². The van der Waals surface area contributed by atoms with Crippen LogP contribution in [0, 0.1) is 11.3 Å². The van der Waals surface area contributed by atoms with Crippen molar-refractivity contribution in [3.05, 3.63) is 71.1 Å². The summed E-state index contributed by atoms with van der Waals surface area (Å²) in [7, 11) is 1.60. The van der Waals surface area contributed by atoms with E-state index in [9.17, 15) is 5.26 Å². The van der Waals surface area contributed by atoms with Crippen LogP contribution in [0.4, 0.5) is 5.95 Å². The zero-order chi connectivity index (χ0) is 22.3. The predicted octanol–water partition coefficient (Wildman–Crippen LogP) is 3.96. The number of nitriles is 1. The second-order valence-corrected chi connectivity index (χ2v) is 8.88. The van der Waals surface area contributed by atoms with Gasteiger partial charge in [0.2, 0.25) is 5.95 Å². The van der Waals surface area contributed by atoms with Gasteiger partial charge in [0, 0.05) is 0 Å². The van der Waals surface area contributed by atoms with Crippen LogP contribution in [0.1, 0.15) is 22.5 Å². The molecule has 0 fully saturated rings. The third kappa shape index (κ3) is 3.21. The maximum absolute atomic E-state index is 10.5. The number of benzene rings is 2. The number of hydrogen-bond acceptors (Lipinski definition) is 8. The summed E-state index contributed by atoms with van der Waals surface area (Å²) in [6.45, 7) is 0.923. The van der Waals surface area contributed by atoms with Crippen molar-refractivity contribution in [3.8, 4) is 11.8 Å². The zero-order valence-electron chi connectivity index (χ0n) is 17.1. The molecule has 0 saturated carbocycles. The lowest BCUT2D eigenvalue weighted by Gasteiger charge is -2.37. The van der Waals surface area contributed by atoms with E-state index in [4.69, 9.17) is 26.8 Å². The SMILES string of the molecule is COc1ccccc1Sc1nc(N)nc(C2(C#N)c3cccc4c3C(=CC2Cl)COC4)n1. The Hall–Kier alpha value is -3.12. The van der Waals surface area contributed by atoms with E-state index in [2.05, 4.69) is 21.0 Å². The molecular formula is C23H18ClN5O2S. The first-order valence-electron chi connectivity index (χ1n) is 9.86. The van der Waals surface area contributed by atoms with Crippen LogP contribution in [0.5, 0.6) is 5.75 Å².